The molecule has 0 bridgehead atoms. The van der Waals surface area contributed by atoms with E-state index < -0.39 is 0 Å². The molecule has 1 heterocycles. The molecule has 1 aliphatic heterocycles. The molecule has 3 heteroatoms. The average molecular weight is 204 g/mol. The van der Waals surface area contributed by atoms with E-state index in [1.165, 1.54) is 11.1 Å². The summed E-state index contributed by atoms with van der Waals surface area (Å²) in [5.74, 6) is 0.150. The van der Waals surface area contributed by atoms with Crippen LogP contribution < -0.4 is 10.6 Å². The van der Waals surface area contributed by atoms with Gasteiger partial charge in [0.25, 0.3) is 0 Å². The van der Waals surface area contributed by atoms with Gasteiger partial charge in [0.05, 0.1) is 0 Å². The molecule has 1 saturated heterocycles. The third-order valence-corrected chi connectivity index (χ3v) is 2.82. The fraction of sp³-hybridized carbons (Fsp3) is 0.417. The second-order valence-electron chi connectivity index (χ2n) is 4.01. The van der Waals surface area contributed by atoms with E-state index >= 15 is 0 Å². The van der Waals surface area contributed by atoms with Crippen molar-refractivity contribution in [1.29, 1.82) is 0 Å². The molecular formula is C12H16N2O. The molecule has 0 aromatic heterocycles. The highest BCUT2D eigenvalue weighted by Crippen LogP contribution is 2.08. The molecular weight excluding hydrogens is 188 g/mol. The van der Waals surface area contributed by atoms with Gasteiger partial charge in [-0.3, -0.25) is 4.79 Å². The van der Waals surface area contributed by atoms with E-state index in [0.717, 1.165) is 13.1 Å². The van der Waals surface area contributed by atoms with E-state index in [9.17, 15) is 4.79 Å². The molecule has 0 radical (unpaired) electrons. The van der Waals surface area contributed by atoms with Crippen LogP contribution in [0, 0.1) is 6.92 Å². The van der Waals surface area contributed by atoms with Crippen molar-refractivity contribution in [3.05, 3.63) is 35.4 Å². The Morgan fingerprint density at radius 1 is 1.47 bits per heavy atom. The van der Waals surface area contributed by atoms with Gasteiger partial charge < -0.3 is 10.6 Å². The van der Waals surface area contributed by atoms with Gasteiger partial charge in [0.15, 0.2) is 0 Å². The Hall–Kier alpha value is -1.35. The highest BCUT2D eigenvalue weighted by molar-refractivity contribution is 5.78. The molecule has 1 atom stereocenters. The molecule has 1 aromatic carbocycles. The van der Waals surface area contributed by atoms with E-state index in [1.807, 2.05) is 12.1 Å². The van der Waals surface area contributed by atoms with Crippen LogP contribution in [0.15, 0.2) is 24.3 Å². The molecule has 1 amide bonds. The molecule has 2 rings (SSSR count). The maximum atomic E-state index is 11.0. The Kier molecular flexibility index (Phi) is 3.02. The van der Waals surface area contributed by atoms with Gasteiger partial charge in [-0.2, -0.15) is 0 Å². The monoisotopic (exact) mass is 204 g/mol. The highest BCUT2D eigenvalue weighted by atomic mass is 16.1. The lowest BCUT2D eigenvalue weighted by molar-refractivity contribution is -0.119. The predicted octanol–water partition coefficient (Wildman–Crippen LogP) is 0.973. The van der Waals surface area contributed by atoms with Crippen molar-refractivity contribution in [3.63, 3.8) is 0 Å². The lowest BCUT2D eigenvalue weighted by Gasteiger charge is -2.11. The van der Waals surface area contributed by atoms with Crippen LogP contribution in [0.3, 0.4) is 0 Å². The van der Waals surface area contributed by atoms with Gasteiger partial charge in [-0.15, -0.1) is 0 Å². The van der Waals surface area contributed by atoms with Crippen LogP contribution in [-0.4, -0.2) is 18.5 Å². The molecule has 1 fully saturated rings. The Morgan fingerprint density at radius 3 is 2.93 bits per heavy atom. The van der Waals surface area contributed by atoms with Crippen molar-refractivity contribution in [2.45, 2.75) is 25.9 Å². The Bertz CT molecular complexity index is 362. The van der Waals surface area contributed by atoms with Crippen molar-refractivity contribution in [2.24, 2.45) is 0 Å². The van der Waals surface area contributed by atoms with Gasteiger partial charge in [-0.1, -0.05) is 24.3 Å². The van der Waals surface area contributed by atoms with E-state index in [0.29, 0.717) is 6.42 Å². The van der Waals surface area contributed by atoms with Gasteiger partial charge in [0.2, 0.25) is 5.91 Å². The van der Waals surface area contributed by atoms with Crippen molar-refractivity contribution in [3.8, 4) is 0 Å². The summed E-state index contributed by atoms with van der Waals surface area (Å²) in [6.45, 7) is 3.70. The predicted molar refractivity (Wildman–Crippen MR) is 59.4 cm³/mol. The third kappa shape index (κ3) is 2.57. The van der Waals surface area contributed by atoms with Crippen LogP contribution in [0.2, 0.25) is 0 Å². The van der Waals surface area contributed by atoms with E-state index in [-0.39, 0.29) is 11.9 Å². The van der Waals surface area contributed by atoms with Crippen molar-refractivity contribution in [2.75, 3.05) is 6.54 Å². The molecule has 1 aromatic rings. The SMILES string of the molecule is Cc1ccccc1CNC1CNC(=O)C1. The topological polar surface area (TPSA) is 41.1 Å². The molecule has 1 unspecified atom stereocenters. The minimum atomic E-state index is 0.150. The molecule has 0 aliphatic carbocycles. The zero-order chi connectivity index (χ0) is 10.7. The summed E-state index contributed by atoms with van der Waals surface area (Å²) >= 11 is 0. The van der Waals surface area contributed by atoms with Crippen LogP contribution in [0.25, 0.3) is 0 Å². The number of carbonyl (C=O) groups excluding carboxylic acids is 1. The first-order valence-electron chi connectivity index (χ1n) is 5.30. The second kappa shape index (κ2) is 4.45. The lowest BCUT2D eigenvalue weighted by atomic mass is 10.1. The quantitative estimate of drug-likeness (QED) is 0.770. The normalized spacial score (nSPS) is 20.3. The summed E-state index contributed by atoms with van der Waals surface area (Å²) in [7, 11) is 0. The first kappa shape index (κ1) is 10.2. The number of nitrogens with one attached hydrogen (secondary N) is 2. The number of amides is 1. The number of carbonyl (C=O) groups is 1. The number of hydrogen-bond donors (Lipinski definition) is 2. The summed E-state index contributed by atoms with van der Waals surface area (Å²) in [6.07, 6.45) is 0.603. The summed E-state index contributed by atoms with van der Waals surface area (Å²) in [4.78, 5) is 11.0. The smallest absolute Gasteiger partial charge is 0.221 e. The highest BCUT2D eigenvalue weighted by Gasteiger charge is 2.20. The van der Waals surface area contributed by atoms with Crippen LogP contribution in [0.5, 0.6) is 0 Å². The van der Waals surface area contributed by atoms with Crippen LogP contribution in [0.4, 0.5) is 0 Å². The van der Waals surface area contributed by atoms with Gasteiger partial charge in [0.1, 0.15) is 0 Å². The molecule has 1 aliphatic rings. The van der Waals surface area contributed by atoms with Crippen molar-refractivity contribution < 1.29 is 4.79 Å². The van der Waals surface area contributed by atoms with Crippen LogP contribution in [-0.2, 0) is 11.3 Å². The molecule has 0 spiro atoms. The Balaban J connectivity index is 1.88. The van der Waals surface area contributed by atoms with E-state index in [4.69, 9.17) is 0 Å². The summed E-state index contributed by atoms with van der Waals surface area (Å²) in [5, 5.41) is 6.20. The minimum absolute atomic E-state index is 0.150. The van der Waals surface area contributed by atoms with Gasteiger partial charge in [-0.25, -0.2) is 0 Å². The lowest BCUT2D eigenvalue weighted by Crippen LogP contribution is -2.30. The van der Waals surface area contributed by atoms with Crippen molar-refractivity contribution in [1.82, 2.24) is 10.6 Å². The standard InChI is InChI=1S/C12H16N2O/c1-9-4-2-3-5-10(9)7-13-11-6-12(15)14-8-11/h2-5,11,13H,6-8H2,1H3,(H,14,15). The number of rotatable bonds is 3. The summed E-state index contributed by atoms with van der Waals surface area (Å²) < 4.78 is 0. The van der Waals surface area contributed by atoms with Crippen molar-refractivity contribution >= 4 is 5.91 Å². The first-order valence-corrected chi connectivity index (χ1v) is 5.30. The minimum Gasteiger partial charge on any atom is -0.354 e. The fourth-order valence-corrected chi connectivity index (χ4v) is 1.81. The molecule has 2 N–H and O–H groups in total. The number of aryl methyl sites for hydroxylation is 1. The van der Waals surface area contributed by atoms with Crippen LogP contribution >= 0.6 is 0 Å². The first-order chi connectivity index (χ1) is 7.25. The van der Waals surface area contributed by atoms with Gasteiger partial charge >= 0.3 is 0 Å². The molecule has 0 saturated carbocycles. The third-order valence-electron chi connectivity index (χ3n) is 2.82. The second-order valence-corrected chi connectivity index (χ2v) is 4.01. The van der Waals surface area contributed by atoms with Crippen LogP contribution in [0.1, 0.15) is 17.5 Å². The molecule has 80 valence electrons. The zero-order valence-electron chi connectivity index (χ0n) is 8.92. The molecule has 15 heavy (non-hydrogen) atoms. The Labute approximate surface area is 89.9 Å². The van der Waals surface area contributed by atoms with Gasteiger partial charge in [-0.05, 0) is 18.1 Å². The molecule has 3 nitrogen and oxygen atoms in total. The maximum Gasteiger partial charge on any atom is 0.221 e. The number of hydrogen-bond acceptors (Lipinski definition) is 2. The maximum absolute atomic E-state index is 11.0. The van der Waals surface area contributed by atoms with Gasteiger partial charge in [0, 0.05) is 25.6 Å². The fourth-order valence-electron chi connectivity index (χ4n) is 1.81. The summed E-state index contributed by atoms with van der Waals surface area (Å²) in [5.41, 5.74) is 2.60. The summed E-state index contributed by atoms with van der Waals surface area (Å²) in [6, 6.07) is 8.60. The Morgan fingerprint density at radius 2 is 2.27 bits per heavy atom. The van der Waals surface area contributed by atoms with E-state index in [2.05, 4.69) is 29.7 Å². The average Bonchev–Trinajstić information content (AvgIpc) is 2.63. The largest absolute Gasteiger partial charge is 0.354 e. The zero-order valence-corrected chi connectivity index (χ0v) is 8.92. The number of benzene rings is 1. The van der Waals surface area contributed by atoms with E-state index in [1.54, 1.807) is 0 Å².